The minimum Gasteiger partial charge on any atom is -0.479 e. The molecule has 0 unspecified atom stereocenters. The van der Waals surface area contributed by atoms with Crippen LogP contribution in [0.3, 0.4) is 0 Å². The van der Waals surface area contributed by atoms with Crippen LogP contribution in [0.4, 0.5) is 0 Å². The first-order valence-electron chi connectivity index (χ1n) is 4.85. The van der Waals surface area contributed by atoms with Crippen LogP contribution in [0.5, 0.6) is 5.88 Å². The fourth-order valence-corrected chi connectivity index (χ4v) is 1.18. The zero-order valence-corrected chi connectivity index (χ0v) is 8.78. The van der Waals surface area contributed by atoms with Crippen LogP contribution < -0.4 is 4.74 Å². The summed E-state index contributed by atoms with van der Waals surface area (Å²) in [5.41, 5.74) is 0.605. The molecule has 0 fully saturated rings. The zero-order valence-electron chi connectivity index (χ0n) is 8.78. The highest BCUT2D eigenvalue weighted by molar-refractivity contribution is 5.68. The molecule has 0 amide bonds. The van der Waals surface area contributed by atoms with Crippen molar-refractivity contribution < 1.29 is 14.6 Å². The number of carbonyl (C=O) groups is 1. The minimum absolute atomic E-state index is 0.211. The van der Waals surface area contributed by atoms with E-state index in [1.54, 1.807) is 18.3 Å². The summed E-state index contributed by atoms with van der Waals surface area (Å²) >= 11 is 0. The van der Waals surface area contributed by atoms with Crippen molar-refractivity contribution in [2.24, 2.45) is 0 Å². The maximum atomic E-state index is 10.3. The molecule has 6 nitrogen and oxygen atoms in total. The number of nitrogens with zero attached hydrogens (tertiary/aromatic N) is 3. The molecular weight excluding hydrogens is 222 g/mol. The quantitative estimate of drug-likeness (QED) is 0.844. The lowest BCUT2D eigenvalue weighted by Crippen LogP contribution is -2.10. The summed E-state index contributed by atoms with van der Waals surface area (Å²) in [4.78, 5) is 22.5. The maximum absolute atomic E-state index is 10.3. The van der Waals surface area contributed by atoms with Crippen LogP contribution >= 0.6 is 0 Å². The summed E-state index contributed by atoms with van der Waals surface area (Å²) in [6, 6.07) is 6.86. The second-order valence-electron chi connectivity index (χ2n) is 3.12. The molecule has 0 spiro atoms. The van der Waals surface area contributed by atoms with E-state index >= 15 is 0 Å². The number of carboxylic acids is 1. The van der Waals surface area contributed by atoms with E-state index in [0.717, 1.165) is 0 Å². The summed E-state index contributed by atoms with van der Waals surface area (Å²) in [5, 5.41) is 8.48. The van der Waals surface area contributed by atoms with Gasteiger partial charge in [-0.25, -0.2) is 9.78 Å². The van der Waals surface area contributed by atoms with Gasteiger partial charge in [0.05, 0.1) is 0 Å². The molecule has 0 aliphatic carbocycles. The summed E-state index contributed by atoms with van der Waals surface area (Å²) in [5.74, 6) is -0.445. The predicted octanol–water partition coefficient (Wildman–Crippen LogP) is 1.00. The first kappa shape index (κ1) is 11.0. The van der Waals surface area contributed by atoms with Crippen LogP contribution in [-0.4, -0.2) is 32.6 Å². The molecule has 0 saturated heterocycles. The highest BCUT2D eigenvalue weighted by Crippen LogP contribution is 2.13. The molecule has 0 aliphatic rings. The van der Waals surface area contributed by atoms with E-state index in [-0.39, 0.29) is 5.88 Å². The summed E-state index contributed by atoms with van der Waals surface area (Å²) in [6.07, 6.45) is 3.12. The van der Waals surface area contributed by atoms with Gasteiger partial charge in [-0.2, -0.15) is 4.98 Å². The van der Waals surface area contributed by atoms with E-state index < -0.39 is 12.6 Å². The average Bonchev–Trinajstić information content (AvgIpc) is 2.38. The van der Waals surface area contributed by atoms with Gasteiger partial charge in [-0.3, -0.25) is 4.98 Å². The van der Waals surface area contributed by atoms with Gasteiger partial charge in [0.1, 0.15) is 5.69 Å². The minimum atomic E-state index is -1.05. The Morgan fingerprint density at radius 2 is 2.12 bits per heavy atom. The van der Waals surface area contributed by atoms with E-state index in [2.05, 4.69) is 15.0 Å². The van der Waals surface area contributed by atoms with Crippen molar-refractivity contribution in [1.82, 2.24) is 15.0 Å². The molecule has 0 atom stereocenters. The van der Waals surface area contributed by atoms with Crippen LogP contribution in [0.25, 0.3) is 11.5 Å². The number of ether oxygens (including phenoxy) is 1. The van der Waals surface area contributed by atoms with Gasteiger partial charge >= 0.3 is 5.97 Å². The normalized spacial score (nSPS) is 9.88. The van der Waals surface area contributed by atoms with Gasteiger partial charge in [0.2, 0.25) is 5.88 Å². The van der Waals surface area contributed by atoms with Gasteiger partial charge in [0.25, 0.3) is 0 Å². The Morgan fingerprint density at radius 1 is 1.24 bits per heavy atom. The van der Waals surface area contributed by atoms with Crippen LogP contribution in [0, 0.1) is 0 Å². The van der Waals surface area contributed by atoms with E-state index in [9.17, 15) is 4.79 Å². The Balaban J connectivity index is 2.20. The van der Waals surface area contributed by atoms with Crippen molar-refractivity contribution in [3.63, 3.8) is 0 Å². The van der Waals surface area contributed by atoms with Crippen molar-refractivity contribution in [3.8, 4) is 17.4 Å². The second kappa shape index (κ2) is 5.02. The lowest BCUT2D eigenvalue weighted by atomic mass is 10.3. The monoisotopic (exact) mass is 231 g/mol. The number of carboxylic acid groups (broad SMARTS) is 1. The summed E-state index contributed by atoms with van der Waals surface area (Å²) < 4.78 is 4.95. The van der Waals surface area contributed by atoms with E-state index in [4.69, 9.17) is 9.84 Å². The Hall–Kier alpha value is -2.50. The van der Waals surface area contributed by atoms with Gasteiger partial charge in [0.15, 0.2) is 12.4 Å². The Morgan fingerprint density at radius 3 is 2.82 bits per heavy atom. The standard InChI is InChI=1S/C11H9N3O3/c15-10(16)7-17-9-4-6-13-11(14-9)8-3-1-2-5-12-8/h1-6H,7H2,(H,15,16). The molecule has 2 aromatic heterocycles. The second-order valence-corrected chi connectivity index (χ2v) is 3.12. The van der Waals surface area contributed by atoms with E-state index in [0.29, 0.717) is 11.5 Å². The van der Waals surface area contributed by atoms with Crippen molar-refractivity contribution in [1.29, 1.82) is 0 Å². The number of pyridine rings is 1. The number of aliphatic carboxylic acids is 1. The third-order valence-electron chi connectivity index (χ3n) is 1.87. The van der Waals surface area contributed by atoms with Gasteiger partial charge in [-0.05, 0) is 12.1 Å². The third-order valence-corrected chi connectivity index (χ3v) is 1.87. The molecule has 2 rings (SSSR count). The number of hydrogen-bond donors (Lipinski definition) is 1. The van der Waals surface area contributed by atoms with Gasteiger partial charge in [0, 0.05) is 18.5 Å². The summed E-state index contributed by atoms with van der Waals surface area (Å²) in [6.45, 7) is -0.432. The third kappa shape index (κ3) is 2.97. The molecule has 0 radical (unpaired) electrons. The Labute approximate surface area is 96.9 Å². The first-order chi connectivity index (χ1) is 8.25. The smallest absolute Gasteiger partial charge is 0.341 e. The SMILES string of the molecule is O=C(O)COc1ccnc(-c2ccccn2)n1. The van der Waals surface area contributed by atoms with E-state index in [1.165, 1.54) is 12.3 Å². The molecule has 2 heterocycles. The van der Waals surface area contributed by atoms with Gasteiger partial charge in [-0.1, -0.05) is 6.07 Å². The van der Waals surface area contributed by atoms with Crippen LogP contribution in [0.1, 0.15) is 0 Å². The molecule has 17 heavy (non-hydrogen) atoms. The molecule has 2 aromatic rings. The molecule has 86 valence electrons. The lowest BCUT2D eigenvalue weighted by molar-refractivity contribution is -0.139. The van der Waals surface area contributed by atoms with Crippen LogP contribution in [-0.2, 0) is 4.79 Å². The van der Waals surface area contributed by atoms with Gasteiger partial charge in [-0.15, -0.1) is 0 Å². The number of hydrogen-bond acceptors (Lipinski definition) is 5. The Kier molecular flexibility index (Phi) is 3.25. The number of rotatable bonds is 4. The highest BCUT2D eigenvalue weighted by atomic mass is 16.5. The van der Waals surface area contributed by atoms with Crippen molar-refractivity contribution in [2.45, 2.75) is 0 Å². The molecule has 0 bridgehead atoms. The topological polar surface area (TPSA) is 85.2 Å². The van der Waals surface area contributed by atoms with Crippen molar-refractivity contribution >= 4 is 5.97 Å². The fourth-order valence-electron chi connectivity index (χ4n) is 1.18. The van der Waals surface area contributed by atoms with E-state index in [1.807, 2.05) is 6.07 Å². The van der Waals surface area contributed by atoms with Crippen molar-refractivity contribution in [3.05, 3.63) is 36.7 Å². The van der Waals surface area contributed by atoms with Gasteiger partial charge < -0.3 is 9.84 Å². The molecule has 1 N–H and O–H groups in total. The summed E-state index contributed by atoms with van der Waals surface area (Å²) in [7, 11) is 0. The number of aromatic nitrogens is 3. The maximum Gasteiger partial charge on any atom is 0.341 e. The largest absolute Gasteiger partial charge is 0.479 e. The van der Waals surface area contributed by atoms with Crippen LogP contribution in [0.2, 0.25) is 0 Å². The fraction of sp³-hybridized carbons (Fsp3) is 0.0909. The first-order valence-corrected chi connectivity index (χ1v) is 4.85. The average molecular weight is 231 g/mol. The molecule has 0 aliphatic heterocycles. The van der Waals surface area contributed by atoms with Crippen molar-refractivity contribution in [2.75, 3.05) is 6.61 Å². The highest BCUT2D eigenvalue weighted by Gasteiger charge is 2.05. The predicted molar refractivity (Wildman–Crippen MR) is 58.4 cm³/mol. The molecule has 6 heteroatoms. The lowest BCUT2D eigenvalue weighted by Gasteiger charge is -2.03. The zero-order chi connectivity index (χ0) is 12.1. The van der Waals surface area contributed by atoms with Crippen LogP contribution in [0.15, 0.2) is 36.7 Å². The molecule has 0 aromatic carbocycles. The molecular formula is C11H9N3O3. The molecule has 0 saturated carbocycles. The Bertz CT molecular complexity index is 516.